The topological polar surface area (TPSA) is 56.2 Å². The Hall–Kier alpha value is -2.68. The molecule has 7 heteroatoms. The second-order valence-corrected chi connectivity index (χ2v) is 8.87. The predicted octanol–water partition coefficient (Wildman–Crippen LogP) is 4.13. The molecule has 0 radical (unpaired) electrons. The SMILES string of the molecule is OC(CC(O)N1CCN(CCOC(c2ccc(F)cc2)c2ccc(F)cc2)CC1)c1ccccc1. The minimum Gasteiger partial charge on any atom is -0.388 e. The first-order valence-electron chi connectivity index (χ1n) is 12.0. The first-order chi connectivity index (χ1) is 17.0. The van der Waals surface area contributed by atoms with Crippen molar-refractivity contribution in [3.8, 4) is 0 Å². The fraction of sp³-hybridized carbons (Fsp3) is 0.357. The molecule has 1 saturated heterocycles. The van der Waals surface area contributed by atoms with Gasteiger partial charge in [0.15, 0.2) is 0 Å². The Bertz CT molecular complexity index is 981. The molecule has 1 aliphatic heterocycles. The van der Waals surface area contributed by atoms with E-state index in [1.54, 1.807) is 24.3 Å². The Morgan fingerprint density at radius 2 is 1.26 bits per heavy atom. The lowest BCUT2D eigenvalue weighted by molar-refractivity contribution is -0.0551. The van der Waals surface area contributed by atoms with Crippen molar-refractivity contribution in [3.05, 3.63) is 107 Å². The van der Waals surface area contributed by atoms with Crippen molar-refractivity contribution >= 4 is 0 Å². The molecule has 1 aliphatic rings. The van der Waals surface area contributed by atoms with Crippen LogP contribution in [-0.4, -0.2) is 65.6 Å². The van der Waals surface area contributed by atoms with E-state index >= 15 is 0 Å². The van der Waals surface area contributed by atoms with E-state index in [2.05, 4.69) is 4.90 Å². The summed E-state index contributed by atoms with van der Waals surface area (Å²) in [6, 6.07) is 21.7. The predicted molar refractivity (Wildman–Crippen MR) is 131 cm³/mol. The van der Waals surface area contributed by atoms with Gasteiger partial charge in [0.05, 0.1) is 12.7 Å². The molecule has 0 aliphatic carbocycles. The normalized spacial score (nSPS) is 16.9. The highest BCUT2D eigenvalue weighted by Crippen LogP contribution is 2.27. The summed E-state index contributed by atoms with van der Waals surface area (Å²) >= 11 is 0. The zero-order valence-electron chi connectivity index (χ0n) is 19.6. The Kier molecular flexibility index (Phi) is 8.95. The summed E-state index contributed by atoms with van der Waals surface area (Å²) in [4.78, 5) is 4.26. The third-order valence-electron chi connectivity index (χ3n) is 6.48. The number of hydrogen-bond donors (Lipinski definition) is 2. The van der Waals surface area contributed by atoms with Crippen LogP contribution in [0.3, 0.4) is 0 Å². The largest absolute Gasteiger partial charge is 0.388 e. The lowest BCUT2D eigenvalue weighted by Crippen LogP contribution is -2.51. The summed E-state index contributed by atoms with van der Waals surface area (Å²) in [5.74, 6) is -0.633. The average molecular weight is 483 g/mol. The number of nitrogens with zero attached hydrogens (tertiary/aromatic N) is 2. The van der Waals surface area contributed by atoms with Gasteiger partial charge in [-0.3, -0.25) is 9.80 Å². The maximum Gasteiger partial charge on any atom is 0.123 e. The molecule has 4 rings (SSSR count). The highest BCUT2D eigenvalue weighted by Gasteiger charge is 2.25. The number of aliphatic hydroxyl groups is 2. The summed E-state index contributed by atoms with van der Waals surface area (Å²) in [6.07, 6.45) is -1.55. The number of benzene rings is 3. The number of rotatable bonds is 10. The molecule has 0 amide bonds. The maximum absolute atomic E-state index is 13.4. The van der Waals surface area contributed by atoms with Gasteiger partial charge in [0, 0.05) is 39.1 Å². The van der Waals surface area contributed by atoms with Crippen molar-refractivity contribution < 1.29 is 23.7 Å². The van der Waals surface area contributed by atoms with E-state index in [-0.39, 0.29) is 18.1 Å². The molecule has 3 aromatic rings. The lowest BCUT2D eigenvalue weighted by Gasteiger charge is -2.37. The zero-order chi connectivity index (χ0) is 24.6. The minimum absolute atomic E-state index is 0.268. The van der Waals surface area contributed by atoms with Crippen LogP contribution in [0.5, 0.6) is 0 Å². The van der Waals surface area contributed by atoms with Gasteiger partial charge in [0.25, 0.3) is 0 Å². The van der Waals surface area contributed by atoms with Crippen LogP contribution in [-0.2, 0) is 4.74 Å². The fourth-order valence-corrected chi connectivity index (χ4v) is 4.40. The molecular formula is C28H32F2N2O3. The maximum atomic E-state index is 13.4. The molecule has 3 aromatic carbocycles. The van der Waals surface area contributed by atoms with Crippen molar-refractivity contribution in [2.75, 3.05) is 39.3 Å². The van der Waals surface area contributed by atoms with Gasteiger partial charge >= 0.3 is 0 Å². The fourth-order valence-electron chi connectivity index (χ4n) is 4.40. The molecule has 1 fully saturated rings. The Labute approximate surface area is 205 Å². The van der Waals surface area contributed by atoms with Gasteiger partial charge in [-0.2, -0.15) is 0 Å². The van der Waals surface area contributed by atoms with Crippen LogP contribution >= 0.6 is 0 Å². The molecule has 2 unspecified atom stereocenters. The van der Waals surface area contributed by atoms with Crippen LogP contribution in [0.2, 0.25) is 0 Å². The first kappa shape index (κ1) is 25.4. The molecule has 0 saturated carbocycles. The monoisotopic (exact) mass is 482 g/mol. The van der Waals surface area contributed by atoms with E-state index in [0.29, 0.717) is 26.2 Å². The van der Waals surface area contributed by atoms with Gasteiger partial charge in [-0.15, -0.1) is 0 Å². The van der Waals surface area contributed by atoms with Crippen molar-refractivity contribution in [3.63, 3.8) is 0 Å². The Morgan fingerprint density at radius 1 is 0.714 bits per heavy atom. The molecule has 0 bridgehead atoms. The number of piperazine rings is 1. The van der Waals surface area contributed by atoms with Crippen LogP contribution in [0.15, 0.2) is 78.9 Å². The summed E-state index contributed by atoms with van der Waals surface area (Å²) in [7, 11) is 0. The summed E-state index contributed by atoms with van der Waals surface area (Å²) < 4.78 is 33.0. The van der Waals surface area contributed by atoms with E-state index in [0.717, 1.165) is 29.8 Å². The molecule has 5 nitrogen and oxygen atoms in total. The van der Waals surface area contributed by atoms with Crippen LogP contribution in [0.1, 0.15) is 35.3 Å². The average Bonchev–Trinajstić information content (AvgIpc) is 2.89. The van der Waals surface area contributed by atoms with Crippen LogP contribution in [0, 0.1) is 11.6 Å². The Balaban J connectivity index is 1.26. The molecule has 0 aromatic heterocycles. The number of ether oxygens (including phenoxy) is 1. The number of hydrogen-bond acceptors (Lipinski definition) is 5. The van der Waals surface area contributed by atoms with Gasteiger partial charge in [0.1, 0.15) is 24.0 Å². The van der Waals surface area contributed by atoms with Crippen molar-refractivity contribution in [1.29, 1.82) is 0 Å². The summed E-state index contributed by atoms with van der Waals surface area (Å²) in [5, 5.41) is 21.0. The number of aliphatic hydroxyl groups excluding tert-OH is 2. The lowest BCUT2D eigenvalue weighted by atomic mass is 10.0. The molecule has 2 N–H and O–H groups in total. The van der Waals surface area contributed by atoms with E-state index in [1.165, 1.54) is 24.3 Å². The molecule has 0 spiro atoms. The van der Waals surface area contributed by atoms with Gasteiger partial charge < -0.3 is 14.9 Å². The van der Waals surface area contributed by atoms with Gasteiger partial charge in [0.2, 0.25) is 0 Å². The summed E-state index contributed by atoms with van der Waals surface area (Å²) in [6.45, 7) is 4.10. The second kappa shape index (κ2) is 12.3. The first-order valence-corrected chi connectivity index (χ1v) is 12.0. The molecule has 1 heterocycles. The summed E-state index contributed by atoms with van der Waals surface area (Å²) in [5.41, 5.74) is 2.42. The van der Waals surface area contributed by atoms with E-state index in [9.17, 15) is 19.0 Å². The standard InChI is InChI=1S/C28H32F2N2O3/c29-24-10-6-22(7-11-24)28(23-8-12-25(30)13-9-23)35-19-18-31-14-16-32(17-15-31)27(34)20-26(33)21-4-2-1-3-5-21/h1-13,26-28,33-34H,14-20H2. The third-order valence-corrected chi connectivity index (χ3v) is 6.48. The molecule has 186 valence electrons. The van der Waals surface area contributed by atoms with E-state index in [1.807, 2.05) is 35.2 Å². The van der Waals surface area contributed by atoms with Crippen LogP contribution < -0.4 is 0 Å². The van der Waals surface area contributed by atoms with Crippen LogP contribution in [0.25, 0.3) is 0 Å². The van der Waals surface area contributed by atoms with Gasteiger partial charge in [-0.05, 0) is 41.0 Å². The highest BCUT2D eigenvalue weighted by atomic mass is 19.1. The third kappa shape index (κ3) is 7.16. The van der Waals surface area contributed by atoms with Crippen molar-refractivity contribution in [1.82, 2.24) is 9.80 Å². The highest BCUT2D eigenvalue weighted by molar-refractivity contribution is 5.30. The van der Waals surface area contributed by atoms with Gasteiger partial charge in [-0.1, -0.05) is 54.6 Å². The second-order valence-electron chi connectivity index (χ2n) is 8.87. The van der Waals surface area contributed by atoms with Crippen molar-refractivity contribution in [2.45, 2.75) is 24.9 Å². The molecule has 2 atom stereocenters. The van der Waals surface area contributed by atoms with Gasteiger partial charge in [-0.25, -0.2) is 8.78 Å². The minimum atomic E-state index is -0.704. The van der Waals surface area contributed by atoms with Crippen molar-refractivity contribution in [2.24, 2.45) is 0 Å². The quantitative estimate of drug-likeness (QED) is 0.455. The Morgan fingerprint density at radius 3 is 1.80 bits per heavy atom. The smallest absolute Gasteiger partial charge is 0.123 e. The van der Waals surface area contributed by atoms with E-state index in [4.69, 9.17) is 4.74 Å². The zero-order valence-corrected chi connectivity index (χ0v) is 19.6. The molecular weight excluding hydrogens is 450 g/mol. The number of halogens is 2. The van der Waals surface area contributed by atoms with E-state index < -0.39 is 18.4 Å². The molecule has 35 heavy (non-hydrogen) atoms. The van der Waals surface area contributed by atoms with Crippen LogP contribution in [0.4, 0.5) is 8.78 Å².